The zero-order valence-electron chi connectivity index (χ0n) is 16.0. The van der Waals surface area contributed by atoms with Gasteiger partial charge in [0.1, 0.15) is 11.5 Å². The zero-order valence-corrected chi connectivity index (χ0v) is 19.9. The van der Waals surface area contributed by atoms with Gasteiger partial charge in [-0.2, -0.15) is 8.42 Å². The van der Waals surface area contributed by atoms with Crippen molar-refractivity contribution in [2.45, 2.75) is 56.8 Å². The Kier molecular flexibility index (Phi) is 11.1. The summed E-state index contributed by atoms with van der Waals surface area (Å²) in [6.45, 7) is 2.18. The zero-order chi connectivity index (χ0) is 19.0. The van der Waals surface area contributed by atoms with Gasteiger partial charge < -0.3 is 9.84 Å². The third-order valence-electron chi connectivity index (χ3n) is 4.19. The normalized spacial score (nSPS) is 11.0. The van der Waals surface area contributed by atoms with E-state index in [0.29, 0.717) is 11.5 Å². The van der Waals surface area contributed by atoms with Crippen LogP contribution in [0, 0.1) is 0 Å². The first-order chi connectivity index (χ1) is 12.4. The SMILES string of the molecule is CCCCCCCCc1ccc(S(=O)(=O)O)cc1Oc1ccc([O-])cc1.[K+]. The largest absolute Gasteiger partial charge is 1.00 e. The van der Waals surface area contributed by atoms with Gasteiger partial charge in [0.05, 0.1) is 4.90 Å². The Morgan fingerprint density at radius 2 is 1.59 bits per heavy atom. The Labute approximate surface area is 204 Å². The van der Waals surface area contributed by atoms with E-state index in [1.807, 2.05) is 0 Å². The Bertz CT molecular complexity index is 804. The molecular formula is C20H25KO5S. The van der Waals surface area contributed by atoms with E-state index >= 15 is 0 Å². The minimum absolute atomic E-state index is 0. The van der Waals surface area contributed by atoms with Gasteiger partial charge in [-0.05, 0) is 36.6 Å². The number of hydrogen-bond acceptors (Lipinski definition) is 4. The molecule has 0 fully saturated rings. The van der Waals surface area contributed by atoms with Gasteiger partial charge in [-0.15, -0.1) is 5.75 Å². The fourth-order valence-electron chi connectivity index (χ4n) is 2.73. The van der Waals surface area contributed by atoms with Crippen LogP contribution < -0.4 is 61.2 Å². The molecule has 27 heavy (non-hydrogen) atoms. The molecule has 2 aromatic rings. The van der Waals surface area contributed by atoms with E-state index in [1.165, 1.54) is 62.1 Å². The van der Waals surface area contributed by atoms with Crippen LogP contribution >= 0.6 is 0 Å². The molecule has 1 N–H and O–H groups in total. The molecule has 0 aliphatic heterocycles. The van der Waals surface area contributed by atoms with Crippen molar-refractivity contribution >= 4 is 10.1 Å². The van der Waals surface area contributed by atoms with E-state index in [9.17, 15) is 18.1 Å². The number of aryl methyl sites for hydroxylation is 1. The average molecular weight is 417 g/mol. The summed E-state index contributed by atoms with van der Waals surface area (Å²) in [6.07, 6.45) is 7.69. The van der Waals surface area contributed by atoms with Gasteiger partial charge in [0.15, 0.2) is 0 Å². The third-order valence-corrected chi connectivity index (χ3v) is 5.04. The number of unbranched alkanes of at least 4 members (excludes halogenated alkanes) is 5. The van der Waals surface area contributed by atoms with E-state index in [1.54, 1.807) is 6.07 Å². The maximum Gasteiger partial charge on any atom is 1.00 e. The van der Waals surface area contributed by atoms with Crippen molar-refractivity contribution in [1.82, 2.24) is 0 Å². The van der Waals surface area contributed by atoms with Gasteiger partial charge in [-0.25, -0.2) is 0 Å². The molecule has 2 rings (SSSR count). The quantitative estimate of drug-likeness (QED) is 0.362. The summed E-state index contributed by atoms with van der Waals surface area (Å²) >= 11 is 0. The number of hydrogen-bond donors (Lipinski definition) is 1. The van der Waals surface area contributed by atoms with E-state index in [-0.39, 0.29) is 62.0 Å². The van der Waals surface area contributed by atoms with Crippen LogP contribution in [0.25, 0.3) is 0 Å². The molecule has 0 saturated heterocycles. The molecule has 0 bridgehead atoms. The van der Waals surface area contributed by atoms with Crippen LogP contribution in [0.1, 0.15) is 51.0 Å². The van der Waals surface area contributed by atoms with E-state index in [4.69, 9.17) is 4.74 Å². The van der Waals surface area contributed by atoms with E-state index < -0.39 is 10.1 Å². The van der Waals surface area contributed by atoms with Crippen molar-refractivity contribution in [2.24, 2.45) is 0 Å². The second kappa shape index (κ2) is 12.2. The van der Waals surface area contributed by atoms with Crippen LogP contribution in [0.15, 0.2) is 47.4 Å². The molecule has 2 aromatic carbocycles. The summed E-state index contributed by atoms with van der Waals surface area (Å²) in [7, 11) is -4.31. The van der Waals surface area contributed by atoms with Gasteiger partial charge in [0.2, 0.25) is 0 Å². The Morgan fingerprint density at radius 3 is 2.22 bits per heavy atom. The van der Waals surface area contributed by atoms with Crippen LogP contribution in [0.4, 0.5) is 0 Å². The molecule has 7 heteroatoms. The van der Waals surface area contributed by atoms with Gasteiger partial charge in [-0.1, -0.05) is 57.2 Å². The van der Waals surface area contributed by atoms with Crippen LogP contribution in [-0.2, 0) is 16.5 Å². The topological polar surface area (TPSA) is 86.7 Å². The van der Waals surface area contributed by atoms with E-state index in [0.717, 1.165) is 24.8 Å². The smallest absolute Gasteiger partial charge is 0.872 e. The molecule has 5 nitrogen and oxygen atoms in total. The summed E-state index contributed by atoms with van der Waals surface area (Å²) in [5.74, 6) is 0.699. The molecule has 0 spiro atoms. The maximum atomic E-state index is 11.4. The molecule has 0 radical (unpaired) electrons. The van der Waals surface area contributed by atoms with Gasteiger partial charge in [-0.3, -0.25) is 4.55 Å². The van der Waals surface area contributed by atoms with Crippen molar-refractivity contribution in [3.05, 3.63) is 48.0 Å². The van der Waals surface area contributed by atoms with Crippen LogP contribution in [0.3, 0.4) is 0 Å². The molecule has 0 aromatic heterocycles. The minimum Gasteiger partial charge on any atom is -0.872 e. The second-order valence-corrected chi connectivity index (χ2v) is 7.76. The summed E-state index contributed by atoms with van der Waals surface area (Å²) in [5.41, 5.74) is 0.874. The summed E-state index contributed by atoms with van der Waals surface area (Å²) in [4.78, 5) is -0.209. The monoisotopic (exact) mass is 416 g/mol. The fraction of sp³-hybridized carbons (Fsp3) is 0.400. The summed E-state index contributed by atoms with van der Waals surface area (Å²) in [6, 6.07) is 10.2. The Balaban J connectivity index is 0.00000364. The van der Waals surface area contributed by atoms with Crippen molar-refractivity contribution in [2.75, 3.05) is 0 Å². The fourth-order valence-corrected chi connectivity index (χ4v) is 3.22. The maximum absolute atomic E-state index is 11.4. The molecule has 0 amide bonds. The minimum atomic E-state index is -4.31. The van der Waals surface area contributed by atoms with Crippen LogP contribution in [0.2, 0.25) is 0 Å². The van der Waals surface area contributed by atoms with Gasteiger partial charge >= 0.3 is 51.4 Å². The number of ether oxygens (including phenoxy) is 1. The Morgan fingerprint density at radius 1 is 0.963 bits per heavy atom. The van der Waals surface area contributed by atoms with Crippen molar-refractivity contribution in [3.63, 3.8) is 0 Å². The average Bonchev–Trinajstić information content (AvgIpc) is 2.60. The third kappa shape index (κ3) is 8.64. The molecule has 0 aliphatic carbocycles. The second-order valence-electron chi connectivity index (χ2n) is 6.34. The first-order valence-electron chi connectivity index (χ1n) is 8.95. The number of rotatable bonds is 10. The van der Waals surface area contributed by atoms with E-state index in [2.05, 4.69) is 6.92 Å². The van der Waals surface area contributed by atoms with Crippen LogP contribution in [0.5, 0.6) is 17.2 Å². The first-order valence-corrected chi connectivity index (χ1v) is 10.4. The predicted octanol–water partition coefficient (Wildman–Crippen LogP) is 1.71. The van der Waals surface area contributed by atoms with Crippen LogP contribution in [-0.4, -0.2) is 13.0 Å². The molecule has 0 unspecified atom stereocenters. The predicted molar refractivity (Wildman–Crippen MR) is 99.3 cm³/mol. The first kappa shape index (κ1) is 24.6. The van der Waals surface area contributed by atoms with Gasteiger partial charge in [0.25, 0.3) is 10.1 Å². The summed E-state index contributed by atoms with van der Waals surface area (Å²) in [5, 5.41) is 11.2. The molecular weight excluding hydrogens is 391 g/mol. The molecule has 0 heterocycles. The van der Waals surface area contributed by atoms with Gasteiger partial charge in [0, 0.05) is 6.07 Å². The molecule has 0 aliphatic rings. The standard InChI is InChI=1S/C20H26O5S.K/c1-2-3-4-5-6-7-8-16-9-14-19(26(22,23)24)15-20(16)25-18-12-10-17(21)11-13-18;/h9-15,21H,2-8H2,1H3,(H,22,23,24);/q;+1/p-1. The van der Waals surface area contributed by atoms with Crippen molar-refractivity contribution < 1.29 is 74.2 Å². The number of benzene rings is 2. The van der Waals surface area contributed by atoms with Crippen molar-refractivity contribution in [1.29, 1.82) is 0 Å². The summed E-state index contributed by atoms with van der Waals surface area (Å²) < 4.78 is 37.9. The molecule has 142 valence electrons. The van der Waals surface area contributed by atoms with Crippen molar-refractivity contribution in [3.8, 4) is 17.2 Å². The Hall–Kier alpha value is -0.414. The molecule has 0 atom stereocenters. The molecule has 0 saturated carbocycles.